The van der Waals surface area contributed by atoms with E-state index in [1.165, 1.54) is 16.0 Å². The Morgan fingerprint density at radius 2 is 1.89 bits per heavy atom. The highest BCUT2D eigenvalue weighted by molar-refractivity contribution is 7.12. The van der Waals surface area contributed by atoms with Gasteiger partial charge in [0.1, 0.15) is 5.75 Å². The number of methoxy groups -OCH3 is 1. The molecule has 27 heavy (non-hydrogen) atoms. The molecule has 1 N–H and O–H groups in total. The van der Waals surface area contributed by atoms with Gasteiger partial charge in [-0.1, -0.05) is 12.1 Å². The number of carbonyl (C=O) groups excluding carboxylic acids is 1. The fraction of sp³-hybridized carbons (Fsp3) is 0.105. The SMILES string of the molecule is COc1ccc(-c2nc(NCc3cccs3)n(C(=O)c3cccs3)n2)cc1. The summed E-state index contributed by atoms with van der Waals surface area (Å²) in [5, 5.41) is 11.6. The number of aromatic nitrogens is 3. The van der Waals surface area contributed by atoms with Crippen LogP contribution in [0.25, 0.3) is 11.4 Å². The predicted molar refractivity (Wildman–Crippen MR) is 108 cm³/mol. The van der Waals surface area contributed by atoms with E-state index in [4.69, 9.17) is 4.74 Å². The second-order valence-corrected chi connectivity index (χ2v) is 7.59. The zero-order valence-corrected chi connectivity index (χ0v) is 16.1. The third kappa shape index (κ3) is 3.76. The van der Waals surface area contributed by atoms with Crippen LogP contribution in [-0.2, 0) is 6.54 Å². The summed E-state index contributed by atoms with van der Waals surface area (Å²) in [4.78, 5) is 19.2. The van der Waals surface area contributed by atoms with Gasteiger partial charge in [-0.2, -0.15) is 9.67 Å². The van der Waals surface area contributed by atoms with Crippen molar-refractivity contribution < 1.29 is 9.53 Å². The van der Waals surface area contributed by atoms with Gasteiger partial charge < -0.3 is 10.1 Å². The van der Waals surface area contributed by atoms with E-state index in [0.717, 1.165) is 16.2 Å². The molecule has 1 aromatic carbocycles. The molecule has 8 heteroatoms. The van der Waals surface area contributed by atoms with Gasteiger partial charge in [0, 0.05) is 10.4 Å². The van der Waals surface area contributed by atoms with Gasteiger partial charge in [0.25, 0.3) is 5.91 Å². The highest BCUT2D eigenvalue weighted by Crippen LogP contribution is 2.23. The summed E-state index contributed by atoms with van der Waals surface area (Å²) in [5.74, 6) is 1.46. The molecule has 0 atom stereocenters. The number of hydrogen-bond acceptors (Lipinski definition) is 7. The van der Waals surface area contributed by atoms with E-state index < -0.39 is 0 Å². The van der Waals surface area contributed by atoms with E-state index in [1.807, 2.05) is 53.2 Å². The first-order valence-corrected chi connectivity index (χ1v) is 9.96. The van der Waals surface area contributed by atoms with Crippen LogP contribution in [0.2, 0.25) is 0 Å². The van der Waals surface area contributed by atoms with Crippen LogP contribution < -0.4 is 10.1 Å². The summed E-state index contributed by atoms with van der Waals surface area (Å²) in [6.07, 6.45) is 0. The van der Waals surface area contributed by atoms with Crippen molar-refractivity contribution in [2.45, 2.75) is 6.54 Å². The van der Waals surface area contributed by atoms with Gasteiger partial charge in [0.05, 0.1) is 18.5 Å². The van der Waals surface area contributed by atoms with Gasteiger partial charge in [-0.15, -0.1) is 27.8 Å². The highest BCUT2D eigenvalue weighted by Gasteiger charge is 2.19. The fourth-order valence-electron chi connectivity index (χ4n) is 2.51. The van der Waals surface area contributed by atoms with Crippen molar-refractivity contribution in [3.05, 3.63) is 69.0 Å². The van der Waals surface area contributed by atoms with Gasteiger partial charge in [-0.3, -0.25) is 4.79 Å². The third-order valence-corrected chi connectivity index (χ3v) is 5.61. The summed E-state index contributed by atoms with van der Waals surface area (Å²) < 4.78 is 6.52. The van der Waals surface area contributed by atoms with Crippen LogP contribution in [0.4, 0.5) is 5.95 Å². The lowest BCUT2D eigenvalue weighted by molar-refractivity contribution is 0.0951. The molecule has 0 saturated heterocycles. The number of carbonyl (C=O) groups is 1. The lowest BCUT2D eigenvalue weighted by Crippen LogP contribution is -2.16. The number of benzene rings is 1. The number of hydrogen-bond donors (Lipinski definition) is 1. The van der Waals surface area contributed by atoms with Crippen molar-refractivity contribution in [3.8, 4) is 17.1 Å². The Morgan fingerprint density at radius 3 is 2.56 bits per heavy atom. The van der Waals surface area contributed by atoms with Crippen LogP contribution in [0.3, 0.4) is 0 Å². The Kier molecular flexibility index (Phi) is 4.99. The van der Waals surface area contributed by atoms with Gasteiger partial charge >= 0.3 is 0 Å². The van der Waals surface area contributed by atoms with Crippen molar-refractivity contribution in [2.75, 3.05) is 12.4 Å². The van der Waals surface area contributed by atoms with Gasteiger partial charge in [-0.25, -0.2) is 0 Å². The van der Waals surface area contributed by atoms with E-state index in [1.54, 1.807) is 24.5 Å². The van der Waals surface area contributed by atoms with Crippen molar-refractivity contribution in [3.63, 3.8) is 0 Å². The first-order valence-electron chi connectivity index (χ1n) is 8.20. The molecule has 4 aromatic rings. The maximum Gasteiger partial charge on any atom is 0.291 e. The van der Waals surface area contributed by atoms with Crippen LogP contribution in [0.15, 0.2) is 59.3 Å². The molecule has 0 spiro atoms. The third-order valence-electron chi connectivity index (χ3n) is 3.88. The molecular weight excluding hydrogens is 380 g/mol. The molecule has 136 valence electrons. The minimum Gasteiger partial charge on any atom is -0.497 e. The van der Waals surface area contributed by atoms with Gasteiger partial charge in [0.2, 0.25) is 5.95 Å². The normalized spacial score (nSPS) is 10.7. The highest BCUT2D eigenvalue weighted by atomic mass is 32.1. The number of anilines is 1. The topological polar surface area (TPSA) is 69.0 Å². The Morgan fingerprint density at radius 1 is 1.11 bits per heavy atom. The zero-order chi connectivity index (χ0) is 18.6. The average molecular weight is 396 g/mol. The van der Waals surface area contributed by atoms with E-state index in [-0.39, 0.29) is 5.91 Å². The van der Waals surface area contributed by atoms with Crippen molar-refractivity contribution >= 4 is 34.5 Å². The average Bonchev–Trinajstić information content (AvgIpc) is 3.47. The summed E-state index contributed by atoms with van der Waals surface area (Å²) in [7, 11) is 1.62. The van der Waals surface area contributed by atoms with Crippen LogP contribution in [-0.4, -0.2) is 27.8 Å². The van der Waals surface area contributed by atoms with Crippen LogP contribution >= 0.6 is 22.7 Å². The molecule has 0 aliphatic rings. The van der Waals surface area contributed by atoms with Crippen LogP contribution in [0, 0.1) is 0 Å². The van der Waals surface area contributed by atoms with Crippen molar-refractivity contribution in [1.82, 2.24) is 14.8 Å². The fourth-order valence-corrected chi connectivity index (χ4v) is 3.81. The van der Waals surface area contributed by atoms with Gasteiger partial charge in [0.15, 0.2) is 5.82 Å². The molecule has 6 nitrogen and oxygen atoms in total. The Bertz CT molecular complexity index is 1020. The molecule has 0 saturated carbocycles. The number of rotatable bonds is 6. The van der Waals surface area contributed by atoms with Crippen molar-refractivity contribution in [2.24, 2.45) is 0 Å². The monoisotopic (exact) mass is 396 g/mol. The predicted octanol–water partition coefficient (Wildman–Crippen LogP) is 4.38. The summed E-state index contributed by atoms with van der Waals surface area (Å²) in [5.41, 5.74) is 0.813. The first kappa shape index (κ1) is 17.4. The molecule has 3 heterocycles. The maximum atomic E-state index is 12.8. The number of thiophene rings is 2. The van der Waals surface area contributed by atoms with Crippen LogP contribution in [0.1, 0.15) is 14.5 Å². The molecule has 4 rings (SSSR count). The lowest BCUT2D eigenvalue weighted by Gasteiger charge is -2.04. The second kappa shape index (κ2) is 7.73. The van der Waals surface area contributed by atoms with E-state index >= 15 is 0 Å². The largest absolute Gasteiger partial charge is 0.497 e. The number of nitrogens with zero attached hydrogens (tertiary/aromatic N) is 3. The van der Waals surface area contributed by atoms with Gasteiger partial charge in [-0.05, 0) is 47.2 Å². The first-order chi connectivity index (χ1) is 13.2. The standard InChI is InChI=1S/C19H16N4O2S2/c1-25-14-8-6-13(7-9-14)17-21-19(20-12-15-4-2-10-26-15)23(22-17)18(24)16-5-3-11-27-16/h2-11H,12H2,1H3,(H,20,21,22). The van der Waals surface area contributed by atoms with Crippen LogP contribution in [0.5, 0.6) is 5.75 Å². The quantitative estimate of drug-likeness (QED) is 0.524. The Hall–Kier alpha value is -2.97. The molecule has 0 bridgehead atoms. The smallest absolute Gasteiger partial charge is 0.291 e. The lowest BCUT2D eigenvalue weighted by atomic mass is 10.2. The molecule has 0 aliphatic heterocycles. The second-order valence-electron chi connectivity index (χ2n) is 5.61. The molecule has 0 unspecified atom stereocenters. The maximum absolute atomic E-state index is 12.8. The molecular formula is C19H16N4O2S2. The summed E-state index contributed by atoms with van der Waals surface area (Å²) in [6.45, 7) is 0.579. The zero-order valence-electron chi connectivity index (χ0n) is 14.5. The minimum atomic E-state index is -0.203. The molecule has 0 radical (unpaired) electrons. The summed E-state index contributed by atoms with van der Waals surface area (Å²) >= 11 is 3.02. The van der Waals surface area contributed by atoms with E-state index in [0.29, 0.717) is 23.2 Å². The molecule has 3 aromatic heterocycles. The minimum absolute atomic E-state index is 0.203. The summed E-state index contributed by atoms with van der Waals surface area (Å²) in [6, 6.07) is 15.1. The number of nitrogens with one attached hydrogen (secondary N) is 1. The Labute approximate surface area is 164 Å². The van der Waals surface area contributed by atoms with E-state index in [9.17, 15) is 4.79 Å². The molecule has 0 fully saturated rings. The Balaban J connectivity index is 1.68. The number of ether oxygens (including phenoxy) is 1. The molecule has 0 amide bonds. The molecule has 0 aliphatic carbocycles. The van der Waals surface area contributed by atoms with E-state index in [2.05, 4.69) is 15.4 Å². The van der Waals surface area contributed by atoms with Crippen molar-refractivity contribution in [1.29, 1.82) is 0 Å².